The van der Waals surface area contributed by atoms with Crippen LogP contribution in [0.2, 0.25) is 0 Å². The van der Waals surface area contributed by atoms with Crippen molar-refractivity contribution in [1.82, 2.24) is 15.2 Å². The van der Waals surface area contributed by atoms with E-state index < -0.39 is 0 Å². The van der Waals surface area contributed by atoms with E-state index in [0.717, 1.165) is 10.7 Å². The highest BCUT2D eigenvalue weighted by Gasteiger charge is 2.29. The van der Waals surface area contributed by atoms with E-state index in [9.17, 15) is 9.59 Å². The summed E-state index contributed by atoms with van der Waals surface area (Å²) >= 11 is 1.68. The minimum atomic E-state index is -0.254. The number of amides is 2. The first-order chi connectivity index (χ1) is 9.31. The molecule has 20 heavy (non-hydrogen) atoms. The molecule has 1 aromatic heterocycles. The Bertz CT molecular complexity index is 501. The van der Waals surface area contributed by atoms with Crippen LogP contribution in [0.15, 0.2) is 0 Å². The molecule has 0 bridgehead atoms. The van der Waals surface area contributed by atoms with Crippen molar-refractivity contribution >= 4 is 23.2 Å². The number of imide groups is 1. The molecule has 2 rings (SSSR count). The summed E-state index contributed by atoms with van der Waals surface area (Å²) in [5, 5.41) is 4.42. The Labute approximate surface area is 123 Å². The number of aromatic nitrogens is 1. The Morgan fingerprint density at radius 1 is 1.25 bits per heavy atom. The Morgan fingerprint density at radius 3 is 2.35 bits per heavy atom. The highest BCUT2D eigenvalue weighted by molar-refractivity contribution is 7.11. The normalized spacial score (nSPS) is 16.3. The van der Waals surface area contributed by atoms with E-state index in [1.54, 1.807) is 11.3 Å². The zero-order valence-electron chi connectivity index (χ0n) is 12.4. The summed E-state index contributed by atoms with van der Waals surface area (Å²) in [6.07, 6.45) is 0.709. The number of aryl methyl sites for hydroxylation is 2. The predicted octanol–water partition coefficient (Wildman–Crippen LogP) is 1.73. The number of rotatable bonds is 5. The zero-order chi connectivity index (χ0) is 14.9. The molecular weight excluding hydrogens is 274 g/mol. The van der Waals surface area contributed by atoms with E-state index in [-0.39, 0.29) is 17.4 Å². The van der Waals surface area contributed by atoms with Crippen LogP contribution < -0.4 is 5.32 Å². The van der Waals surface area contributed by atoms with E-state index in [2.05, 4.69) is 31.1 Å². The van der Waals surface area contributed by atoms with E-state index in [1.165, 1.54) is 9.78 Å². The second-order valence-corrected chi connectivity index (χ2v) is 6.85. The molecule has 0 saturated carbocycles. The van der Waals surface area contributed by atoms with Gasteiger partial charge in [0.05, 0.1) is 11.2 Å². The zero-order valence-corrected chi connectivity index (χ0v) is 13.3. The fraction of sp³-hybridized carbons (Fsp3) is 0.643. The van der Waals surface area contributed by atoms with Crippen molar-refractivity contribution in [1.29, 1.82) is 0 Å². The maximum Gasteiger partial charge on any atom is 0.229 e. The molecule has 1 fully saturated rings. The van der Waals surface area contributed by atoms with Gasteiger partial charge < -0.3 is 5.32 Å². The van der Waals surface area contributed by atoms with Crippen molar-refractivity contribution in [2.24, 2.45) is 0 Å². The van der Waals surface area contributed by atoms with Crippen LogP contribution in [0, 0.1) is 13.8 Å². The van der Waals surface area contributed by atoms with Crippen LogP contribution in [0.5, 0.6) is 0 Å². The fourth-order valence-corrected chi connectivity index (χ4v) is 3.16. The van der Waals surface area contributed by atoms with Gasteiger partial charge >= 0.3 is 0 Å². The Balaban J connectivity index is 1.92. The number of nitrogens with one attached hydrogen (secondary N) is 1. The third-order valence-corrected chi connectivity index (χ3v) is 5.02. The summed E-state index contributed by atoms with van der Waals surface area (Å²) in [5.74, 6) is -0.119. The van der Waals surface area contributed by atoms with Crippen LogP contribution in [-0.4, -0.2) is 34.8 Å². The van der Waals surface area contributed by atoms with Gasteiger partial charge in [-0.05, 0) is 27.7 Å². The van der Waals surface area contributed by atoms with Crippen molar-refractivity contribution in [3.8, 4) is 0 Å². The van der Waals surface area contributed by atoms with Crippen molar-refractivity contribution in [2.45, 2.75) is 46.1 Å². The van der Waals surface area contributed by atoms with E-state index in [4.69, 9.17) is 0 Å². The molecule has 1 aromatic rings. The second-order valence-electron chi connectivity index (χ2n) is 5.65. The number of carbonyl (C=O) groups excluding carboxylic acids is 2. The lowest BCUT2D eigenvalue weighted by Gasteiger charge is -2.25. The maximum atomic E-state index is 11.5. The molecule has 0 spiro atoms. The molecule has 0 radical (unpaired) electrons. The van der Waals surface area contributed by atoms with Gasteiger partial charge in [-0.1, -0.05) is 0 Å². The lowest BCUT2D eigenvalue weighted by Crippen LogP contribution is -2.43. The van der Waals surface area contributed by atoms with E-state index in [0.29, 0.717) is 25.9 Å². The van der Waals surface area contributed by atoms with E-state index >= 15 is 0 Å². The molecule has 5 nitrogen and oxygen atoms in total. The van der Waals surface area contributed by atoms with Crippen LogP contribution >= 0.6 is 11.3 Å². The first kappa shape index (κ1) is 15.1. The number of hydrogen-bond donors (Lipinski definition) is 1. The van der Waals surface area contributed by atoms with Gasteiger partial charge in [-0.25, -0.2) is 4.98 Å². The fourth-order valence-electron chi connectivity index (χ4n) is 2.17. The minimum absolute atomic E-state index is 0.0597. The minimum Gasteiger partial charge on any atom is -0.304 e. The summed E-state index contributed by atoms with van der Waals surface area (Å²) in [6.45, 7) is 9.23. The average molecular weight is 295 g/mol. The van der Waals surface area contributed by atoms with E-state index in [1.807, 2.05) is 6.92 Å². The summed E-state index contributed by atoms with van der Waals surface area (Å²) < 4.78 is 0. The number of nitrogens with zero attached hydrogens (tertiary/aromatic N) is 2. The maximum absolute atomic E-state index is 11.5. The summed E-state index contributed by atoms with van der Waals surface area (Å²) in [7, 11) is 0. The van der Waals surface area contributed by atoms with Crippen LogP contribution in [0.25, 0.3) is 0 Å². The first-order valence-corrected chi connectivity index (χ1v) is 7.65. The molecular formula is C14H21N3O2S. The predicted molar refractivity (Wildman–Crippen MR) is 78.6 cm³/mol. The van der Waals surface area contributed by atoms with Gasteiger partial charge in [0.15, 0.2) is 0 Å². The lowest BCUT2D eigenvalue weighted by atomic mass is 10.1. The monoisotopic (exact) mass is 295 g/mol. The Hall–Kier alpha value is -1.27. The van der Waals surface area contributed by atoms with Crippen LogP contribution in [0.1, 0.15) is 42.3 Å². The van der Waals surface area contributed by atoms with Crippen LogP contribution in [-0.2, 0) is 15.1 Å². The van der Waals surface area contributed by atoms with Crippen molar-refractivity contribution in [3.63, 3.8) is 0 Å². The third-order valence-electron chi connectivity index (χ3n) is 3.62. The number of carbonyl (C=O) groups is 2. The van der Waals surface area contributed by atoms with Gasteiger partial charge in [-0.2, -0.15) is 0 Å². The lowest BCUT2D eigenvalue weighted by molar-refractivity contribution is -0.138. The van der Waals surface area contributed by atoms with Crippen molar-refractivity contribution in [3.05, 3.63) is 15.6 Å². The molecule has 6 heteroatoms. The molecule has 1 N–H and O–H groups in total. The Morgan fingerprint density at radius 2 is 1.85 bits per heavy atom. The van der Waals surface area contributed by atoms with Crippen LogP contribution in [0.3, 0.4) is 0 Å². The smallest absolute Gasteiger partial charge is 0.229 e. The van der Waals surface area contributed by atoms with Gasteiger partial charge in [0, 0.05) is 30.8 Å². The van der Waals surface area contributed by atoms with Crippen LogP contribution in [0.4, 0.5) is 0 Å². The quantitative estimate of drug-likeness (QED) is 0.840. The van der Waals surface area contributed by atoms with Crippen molar-refractivity contribution in [2.75, 3.05) is 13.1 Å². The summed E-state index contributed by atoms with van der Waals surface area (Å²) in [4.78, 5) is 30.2. The molecule has 1 aliphatic rings. The summed E-state index contributed by atoms with van der Waals surface area (Å²) in [5.41, 5.74) is 0.806. The molecule has 110 valence electrons. The van der Waals surface area contributed by atoms with Gasteiger partial charge in [0.1, 0.15) is 5.01 Å². The molecule has 2 heterocycles. The molecule has 0 unspecified atom stereocenters. The van der Waals surface area contributed by atoms with Crippen molar-refractivity contribution < 1.29 is 9.59 Å². The highest BCUT2D eigenvalue weighted by Crippen LogP contribution is 2.27. The first-order valence-electron chi connectivity index (χ1n) is 6.84. The number of thiazole rings is 1. The van der Waals surface area contributed by atoms with Gasteiger partial charge in [-0.3, -0.25) is 14.5 Å². The Kier molecular flexibility index (Phi) is 4.25. The topological polar surface area (TPSA) is 62.3 Å². The molecule has 2 amide bonds. The SMILES string of the molecule is Cc1nc(C(C)(C)NCCN2C(=O)CCC2=O)sc1C. The highest BCUT2D eigenvalue weighted by atomic mass is 32.1. The molecule has 0 atom stereocenters. The molecule has 0 aliphatic carbocycles. The second kappa shape index (κ2) is 5.61. The summed E-state index contributed by atoms with van der Waals surface area (Å²) in [6, 6.07) is 0. The largest absolute Gasteiger partial charge is 0.304 e. The number of hydrogen-bond acceptors (Lipinski definition) is 5. The molecule has 0 aromatic carbocycles. The molecule has 1 saturated heterocycles. The van der Waals surface area contributed by atoms with Gasteiger partial charge in [0.2, 0.25) is 11.8 Å². The average Bonchev–Trinajstić information content (AvgIpc) is 2.87. The number of likely N-dealkylation sites (tertiary alicyclic amines) is 1. The molecule has 1 aliphatic heterocycles. The standard InChI is InChI=1S/C14H21N3O2S/c1-9-10(2)20-13(16-9)14(3,4)15-7-8-17-11(18)5-6-12(17)19/h15H,5-8H2,1-4H3. The van der Waals surface area contributed by atoms with Gasteiger partial charge in [0.25, 0.3) is 0 Å². The third kappa shape index (κ3) is 3.07. The van der Waals surface area contributed by atoms with Gasteiger partial charge in [-0.15, -0.1) is 11.3 Å².